The molecule has 0 bridgehead atoms. The lowest BCUT2D eigenvalue weighted by atomic mass is 9.66. The van der Waals surface area contributed by atoms with Gasteiger partial charge in [0.2, 0.25) is 0 Å². The molecule has 1 aromatic rings. The summed E-state index contributed by atoms with van der Waals surface area (Å²) in [6, 6.07) is 11.3. The van der Waals surface area contributed by atoms with E-state index in [-0.39, 0.29) is 5.92 Å². The van der Waals surface area contributed by atoms with Gasteiger partial charge in [0.25, 0.3) is 0 Å². The van der Waals surface area contributed by atoms with Crippen LogP contribution in [0.2, 0.25) is 0 Å². The van der Waals surface area contributed by atoms with E-state index in [1.807, 2.05) is 0 Å². The van der Waals surface area contributed by atoms with E-state index in [0.29, 0.717) is 30.1 Å². The molecular formula is C22H26BrNO. The van der Waals surface area contributed by atoms with Gasteiger partial charge in [-0.15, -0.1) is 0 Å². The number of benzene rings is 1. The van der Waals surface area contributed by atoms with Crippen molar-refractivity contribution in [2.75, 3.05) is 11.9 Å². The van der Waals surface area contributed by atoms with E-state index in [4.69, 9.17) is 0 Å². The van der Waals surface area contributed by atoms with Crippen molar-refractivity contribution in [1.29, 1.82) is 0 Å². The zero-order valence-electron chi connectivity index (χ0n) is 14.6. The minimum atomic E-state index is 0.232. The molecule has 0 aromatic heterocycles. The van der Waals surface area contributed by atoms with Gasteiger partial charge in [0.05, 0.1) is 0 Å². The standard InChI is InChI=1S/C22H26BrNO/c23-15-17-9-10-19-18-7-4-8-22(25)20(18)11-12-21(19)24(17)14-13-16-5-2-1-3-6-16/h1-7,12,17-20H,8-11,13-15H2/t17?,18?,19-,20?/m0/s1. The Morgan fingerprint density at radius 1 is 1.12 bits per heavy atom. The summed E-state index contributed by atoms with van der Waals surface area (Å²) in [5.74, 6) is 1.64. The van der Waals surface area contributed by atoms with Gasteiger partial charge in [-0.05, 0) is 37.2 Å². The molecule has 3 aliphatic rings. The number of carbonyl (C=O) groups is 1. The number of rotatable bonds is 4. The van der Waals surface area contributed by atoms with Crippen LogP contribution >= 0.6 is 15.9 Å². The predicted octanol–water partition coefficient (Wildman–Crippen LogP) is 4.75. The van der Waals surface area contributed by atoms with Crippen molar-refractivity contribution >= 4 is 21.7 Å². The Kier molecular flexibility index (Phi) is 5.12. The van der Waals surface area contributed by atoms with Crippen molar-refractivity contribution in [3.63, 3.8) is 0 Å². The average Bonchev–Trinajstić information content (AvgIpc) is 2.66. The van der Waals surface area contributed by atoms with Crippen LogP contribution in [-0.2, 0) is 11.2 Å². The third-order valence-electron chi connectivity index (χ3n) is 6.23. The Bertz CT molecular complexity index is 681. The van der Waals surface area contributed by atoms with Crippen LogP contribution in [0.1, 0.15) is 31.2 Å². The lowest BCUT2D eigenvalue weighted by Gasteiger charge is -2.49. The SMILES string of the molecule is O=C1CC=CC2C1CC=C1[C@H]2CCC(CBr)N1CCc1ccccc1. The molecule has 1 saturated heterocycles. The first-order valence-corrected chi connectivity index (χ1v) is 10.7. The molecule has 2 nitrogen and oxygen atoms in total. The van der Waals surface area contributed by atoms with E-state index < -0.39 is 0 Å². The maximum Gasteiger partial charge on any atom is 0.140 e. The number of fused-ring (bicyclic) bond motifs is 3. The summed E-state index contributed by atoms with van der Waals surface area (Å²) < 4.78 is 0. The van der Waals surface area contributed by atoms with Gasteiger partial charge in [-0.3, -0.25) is 4.79 Å². The van der Waals surface area contributed by atoms with E-state index in [1.54, 1.807) is 0 Å². The lowest BCUT2D eigenvalue weighted by molar-refractivity contribution is -0.124. The second-order valence-electron chi connectivity index (χ2n) is 7.57. The Balaban J connectivity index is 1.56. The second-order valence-corrected chi connectivity index (χ2v) is 8.22. The van der Waals surface area contributed by atoms with Crippen LogP contribution in [0, 0.1) is 17.8 Å². The number of halogens is 1. The monoisotopic (exact) mass is 399 g/mol. The average molecular weight is 400 g/mol. The smallest absolute Gasteiger partial charge is 0.140 e. The number of nitrogens with zero attached hydrogens (tertiary/aromatic N) is 1. The van der Waals surface area contributed by atoms with Gasteiger partial charge in [0.1, 0.15) is 5.78 Å². The molecule has 3 heteroatoms. The summed E-state index contributed by atoms with van der Waals surface area (Å²) in [7, 11) is 0. The fourth-order valence-corrected chi connectivity index (χ4v) is 5.59. The minimum Gasteiger partial charge on any atom is -0.371 e. The number of Topliss-reactive ketones (excluding diaryl/α,β-unsaturated/α-hetero) is 1. The van der Waals surface area contributed by atoms with E-state index in [2.05, 4.69) is 69.4 Å². The summed E-state index contributed by atoms with van der Waals surface area (Å²) in [5, 5.41) is 1.02. The highest BCUT2D eigenvalue weighted by Gasteiger charge is 2.43. The molecule has 0 amide bonds. The molecule has 3 unspecified atom stereocenters. The molecule has 1 heterocycles. The Morgan fingerprint density at radius 2 is 1.96 bits per heavy atom. The van der Waals surface area contributed by atoms with Gasteiger partial charge in [0, 0.05) is 41.9 Å². The first-order valence-electron chi connectivity index (χ1n) is 9.54. The van der Waals surface area contributed by atoms with Crippen molar-refractivity contribution in [2.45, 2.75) is 38.1 Å². The summed E-state index contributed by atoms with van der Waals surface area (Å²) in [5.41, 5.74) is 2.91. The van der Waals surface area contributed by atoms with Crippen LogP contribution in [0.3, 0.4) is 0 Å². The fraction of sp³-hybridized carbons (Fsp3) is 0.500. The Labute approximate surface area is 159 Å². The molecule has 132 valence electrons. The second kappa shape index (κ2) is 7.49. The molecule has 1 fully saturated rings. The molecule has 2 aliphatic carbocycles. The Hall–Kier alpha value is -1.35. The van der Waals surface area contributed by atoms with Crippen molar-refractivity contribution in [1.82, 2.24) is 4.90 Å². The van der Waals surface area contributed by atoms with E-state index in [1.165, 1.54) is 24.1 Å². The van der Waals surface area contributed by atoms with Gasteiger partial charge >= 0.3 is 0 Å². The molecule has 0 saturated carbocycles. The summed E-state index contributed by atoms with van der Waals surface area (Å²) in [6.45, 7) is 1.07. The third kappa shape index (κ3) is 3.36. The number of piperidine rings is 1. The molecule has 25 heavy (non-hydrogen) atoms. The fourth-order valence-electron chi connectivity index (χ4n) is 4.92. The van der Waals surface area contributed by atoms with Crippen LogP contribution in [0.4, 0.5) is 0 Å². The van der Waals surface area contributed by atoms with Crippen molar-refractivity contribution < 1.29 is 4.79 Å². The topological polar surface area (TPSA) is 20.3 Å². The van der Waals surface area contributed by atoms with E-state index in [9.17, 15) is 4.79 Å². The number of alkyl halides is 1. The first-order chi connectivity index (χ1) is 12.3. The van der Waals surface area contributed by atoms with Gasteiger partial charge in [0.15, 0.2) is 0 Å². The van der Waals surface area contributed by atoms with E-state index in [0.717, 1.165) is 24.7 Å². The third-order valence-corrected chi connectivity index (χ3v) is 6.97. The first kappa shape index (κ1) is 17.1. The largest absolute Gasteiger partial charge is 0.371 e. The number of hydrogen-bond acceptors (Lipinski definition) is 2. The predicted molar refractivity (Wildman–Crippen MR) is 106 cm³/mol. The maximum atomic E-state index is 12.3. The zero-order valence-corrected chi connectivity index (χ0v) is 16.2. The number of allylic oxidation sites excluding steroid dienone is 4. The van der Waals surface area contributed by atoms with Crippen LogP contribution < -0.4 is 0 Å². The molecule has 0 spiro atoms. The highest BCUT2D eigenvalue weighted by molar-refractivity contribution is 9.09. The van der Waals surface area contributed by atoms with Gasteiger partial charge in [-0.25, -0.2) is 0 Å². The van der Waals surface area contributed by atoms with Crippen LogP contribution in [-0.4, -0.2) is 28.6 Å². The van der Waals surface area contributed by atoms with Gasteiger partial charge in [-0.1, -0.05) is 64.5 Å². The molecule has 1 aliphatic heterocycles. The number of carbonyl (C=O) groups excluding carboxylic acids is 1. The normalized spacial score (nSPS) is 31.3. The molecular weight excluding hydrogens is 374 g/mol. The highest BCUT2D eigenvalue weighted by Crippen LogP contribution is 2.46. The van der Waals surface area contributed by atoms with Crippen LogP contribution in [0.25, 0.3) is 0 Å². The van der Waals surface area contributed by atoms with E-state index >= 15 is 0 Å². The van der Waals surface area contributed by atoms with Crippen LogP contribution in [0.15, 0.2) is 54.3 Å². The molecule has 4 atom stereocenters. The highest BCUT2D eigenvalue weighted by atomic mass is 79.9. The van der Waals surface area contributed by atoms with Crippen molar-refractivity contribution in [3.8, 4) is 0 Å². The number of ketones is 1. The summed E-state index contributed by atoms with van der Waals surface area (Å²) >= 11 is 3.74. The summed E-state index contributed by atoms with van der Waals surface area (Å²) in [6.07, 6.45) is 11.9. The molecule has 0 N–H and O–H groups in total. The Morgan fingerprint density at radius 3 is 2.76 bits per heavy atom. The molecule has 1 aromatic carbocycles. The quantitative estimate of drug-likeness (QED) is 0.537. The number of likely N-dealkylation sites (tertiary alicyclic amines) is 1. The maximum absolute atomic E-state index is 12.3. The zero-order chi connectivity index (χ0) is 17.2. The van der Waals surface area contributed by atoms with Gasteiger partial charge in [-0.2, -0.15) is 0 Å². The molecule has 0 radical (unpaired) electrons. The van der Waals surface area contributed by atoms with Gasteiger partial charge < -0.3 is 4.90 Å². The molecule has 4 rings (SSSR count). The summed E-state index contributed by atoms with van der Waals surface area (Å²) in [4.78, 5) is 15.0. The lowest BCUT2D eigenvalue weighted by Crippen LogP contribution is -2.48. The van der Waals surface area contributed by atoms with Crippen molar-refractivity contribution in [3.05, 3.63) is 59.8 Å². The van der Waals surface area contributed by atoms with Crippen LogP contribution in [0.5, 0.6) is 0 Å². The number of hydrogen-bond donors (Lipinski definition) is 0. The minimum absolute atomic E-state index is 0.232. The van der Waals surface area contributed by atoms with Crippen molar-refractivity contribution in [2.24, 2.45) is 17.8 Å².